The van der Waals surface area contributed by atoms with Crippen molar-refractivity contribution in [2.24, 2.45) is 0 Å². The molecule has 1 aliphatic heterocycles. The molecule has 2 rings (SSSR count). The van der Waals surface area contributed by atoms with Gasteiger partial charge in [-0.05, 0) is 39.7 Å². The Morgan fingerprint density at radius 2 is 2.09 bits per heavy atom. The first-order valence-electron chi connectivity index (χ1n) is 7.60. The molecule has 7 heteroatoms. The third-order valence-electron chi connectivity index (χ3n) is 3.40. The molecule has 0 aliphatic carbocycles. The zero-order chi connectivity index (χ0) is 17.0. The van der Waals surface area contributed by atoms with E-state index in [0.717, 1.165) is 6.42 Å². The van der Waals surface area contributed by atoms with Crippen molar-refractivity contribution in [2.75, 3.05) is 19.0 Å². The second kappa shape index (κ2) is 6.85. The summed E-state index contributed by atoms with van der Waals surface area (Å²) in [5.74, 6) is 0.236. The van der Waals surface area contributed by atoms with Gasteiger partial charge in [0.05, 0.1) is 19.0 Å². The Hall–Kier alpha value is -2.31. The van der Waals surface area contributed by atoms with Crippen LogP contribution in [0.1, 0.15) is 33.6 Å². The Kier molecular flexibility index (Phi) is 5.08. The number of rotatable bonds is 3. The fourth-order valence-corrected chi connectivity index (χ4v) is 2.38. The first kappa shape index (κ1) is 17.1. The molecule has 126 valence electrons. The Labute approximate surface area is 136 Å². The molecule has 1 aromatic heterocycles. The number of carbonyl (C=O) groups excluding carboxylic acids is 2. The third-order valence-corrected chi connectivity index (χ3v) is 3.40. The lowest BCUT2D eigenvalue weighted by Crippen LogP contribution is -2.45. The highest BCUT2D eigenvalue weighted by Gasteiger charge is 2.36. The molecular weight excluding hydrogens is 298 g/mol. The number of hydrogen-bond acceptors (Lipinski definition) is 5. The summed E-state index contributed by atoms with van der Waals surface area (Å²) in [6.45, 7) is 5.94. The average Bonchev–Trinajstić information content (AvgIpc) is 2.96. The van der Waals surface area contributed by atoms with Crippen molar-refractivity contribution in [2.45, 2.75) is 45.3 Å². The summed E-state index contributed by atoms with van der Waals surface area (Å²) in [5, 5.41) is 2.78. The van der Waals surface area contributed by atoms with Gasteiger partial charge in [0.1, 0.15) is 11.6 Å². The molecular formula is C16H23N3O4. The first-order chi connectivity index (χ1) is 10.8. The predicted molar refractivity (Wildman–Crippen MR) is 85.4 cm³/mol. The number of nitrogens with zero attached hydrogens (tertiary/aromatic N) is 2. The first-order valence-corrected chi connectivity index (χ1v) is 7.60. The number of aromatic nitrogens is 1. The molecule has 1 atom stereocenters. The lowest BCUT2D eigenvalue weighted by atomic mass is 10.2. The van der Waals surface area contributed by atoms with Gasteiger partial charge in [-0.25, -0.2) is 9.78 Å². The lowest BCUT2D eigenvalue weighted by Gasteiger charge is -2.28. The molecule has 2 heterocycles. The molecule has 0 saturated carbocycles. The maximum atomic E-state index is 12.4. The second-order valence-electron chi connectivity index (χ2n) is 6.41. The fraction of sp³-hybridized carbons (Fsp3) is 0.562. The van der Waals surface area contributed by atoms with Gasteiger partial charge in [-0.3, -0.25) is 9.69 Å². The maximum Gasteiger partial charge on any atom is 0.410 e. The Balaban J connectivity index is 2.00. The van der Waals surface area contributed by atoms with Crippen LogP contribution in [0, 0.1) is 0 Å². The molecule has 0 bridgehead atoms. The number of pyridine rings is 1. The summed E-state index contributed by atoms with van der Waals surface area (Å²) in [6, 6.07) is 2.85. The van der Waals surface area contributed by atoms with E-state index in [1.54, 1.807) is 32.9 Å². The molecule has 0 unspecified atom stereocenters. The standard InChI is InChI=1S/C16H23N3O4/c1-16(2,3)23-15(21)19-9-5-6-12(19)14(20)18-11-7-8-13(22-4)17-10-11/h7-8,10,12H,5-6,9H2,1-4H3,(H,18,20)/t12-/m0/s1. The number of ether oxygens (including phenoxy) is 2. The molecule has 1 aliphatic rings. The van der Waals surface area contributed by atoms with E-state index in [9.17, 15) is 9.59 Å². The van der Waals surface area contributed by atoms with Gasteiger partial charge in [0.15, 0.2) is 0 Å². The third kappa shape index (κ3) is 4.58. The number of anilines is 1. The quantitative estimate of drug-likeness (QED) is 0.925. The van der Waals surface area contributed by atoms with E-state index in [1.807, 2.05) is 0 Å². The molecule has 2 amide bonds. The molecule has 0 spiro atoms. The number of likely N-dealkylation sites (tertiary alicyclic amines) is 1. The molecule has 7 nitrogen and oxygen atoms in total. The summed E-state index contributed by atoms with van der Waals surface area (Å²) in [4.78, 5) is 30.2. The van der Waals surface area contributed by atoms with Gasteiger partial charge in [0.2, 0.25) is 11.8 Å². The lowest BCUT2D eigenvalue weighted by molar-refractivity contribution is -0.120. The topological polar surface area (TPSA) is 80.8 Å². The predicted octanol–water partition coefficient (Wildman–Crippen LogP) is 2.43. The molecule has 23 heavy (non-hydrogen) atoms. The van der Waals surface area contributed by atoms with Crippen molar-refractivity contribution in [1.29, 1.82) is 0 Å². The smallest absolute Gasteiger partial charge is 0.410 e. The van der Waals surface area contributed by atoms with Gasteiger partial charge in [0, 0.05) is 12.6 Å². The van der Waals surface area contributed by atoms with E-state index >= 15 is 0 Å². The minimum atomic E-state index is -0.583. The van der Waals surface area contributed by atoms with Crippen molar-refractivity contribution in [3.05, 3.63) is 18.3 Å². The number of methoxy groups -OCH3 is 1. The zero-order valence-electron chi connectivity index (χ0n) is 14.0. The zero-order valence-corrected chi connectivity index (χ0v) is 14.0. The van der Waals surface area contributed by atoms with Crippen LogP contribution in [0.5, 0.6) is 5.88 Å². The van der Waals surface area contributed by atoms with Crippen molar-refractivity contribution in [3.63, 3.8) is 0 Å². The van der Waals surface area contributed by atoms with Crippen LogP contribution in [-0.2, 0) is 9.53 Å². The Morgan fingerprint density at radius 3 is 2.65 bits per heavy atom. The molecule has 1 saturated heterocycles. The van der Waals surface area contributed by atoms with Gasteiger partial charge in [-0.2, -0.15) is 0 Å². The molecule has 1 fully saturated rings. The Bertz CT molecular complexity index is 566. The van der Waals surface area contributed by atoms with Gasteiger partial charge >= 0.3 is 6.09 Å². The normalized spacial score (nSPS) is 17.7. The summed E-state index contributed by atoms with van der Waals surface area (Å²) in [5.41, 5.74) is -0.0208. The number of carbonyl (C=O) groups is 2. The maximum absolute atomic E-state index is 12.4. The summed E-state index contributed by atoms with van der Waals surface area (Å²) < 4.78 is 10.3. The second-order valence-corrected chi connectivity index (χ2v) is 6.41. The van der Waals surface area contributed by atoms with Crippen molar-refractivity contribution in [3.8, 4) is 5.88 Å². The summed E-state index contributed by atoms with van der Waals surface area (Å²) in [6.07, 6.45) is 2.46. The minimum Gasteiger partial charge on any atom is -0.481 e. The Morgan fingerprint density at radius 1 is 1.35 bits per heavy atom. The van der Waals surface area contributed by atoms with Crippen molar-refractivity contribution < 1.29 is 19.1 Å². The van der Waals surface area contributed by atoms with Crippen LogP contribution in [0.2, 0.25) is 0 Å². The SMILES string of the molecule is COc1ccc(NC(=O)[C@@H]2CCCN2C(=O)OC(C)(C)C)cn1. The van der Waals surface area contributed by atoms with Crippen molar-refractivity contribution >= 4 is 17.7 Å². The fourth-order valence-electron chi connectivity index (χ4n) is 2.38. The molecule has 1 aromatic rings. The van der Waals surface area contributed by atoms with E-state index in [4.69, 9.17) is 9.47 Å². The summed E-state index contributed by atoms with van der Waals surface area (Å²) in [7, 11) is 1.53. The van der Waals surface area contributed by atoms with Gasteiger partial charge in [0.25, 0.3) is 0 Å². The highest BCUT2D eigenvalue weighted by atomic mass is 16.6. The van der Waals surface area contributed by atoms with Crippen LogP contribution >= 0.6 is 0 Å². The number of amides is 2. The van der Waals surface area contributed by atoms with Crippen LogP contribution < -0.4 is 10.1 Å². The number of nitrogens with one attached hydrogen (secondary N) is 1. The van der Waals surface area contributed by atoms with Crippen LogP contribution in [0.4, 0.5) is 10.5 Å². The van der Waals surface area contributed by atoms with E-state index in [-0.39, 0.29) is 5.91 Å². The highest BCUT2D eigenvalue weighted by molar-refractivity contribution is 5.96. The molecule has 0 radical (unpaired) electrons. The molecule has 0 aromatic carbocycles. The van der Waals surface area contributed by atoms with E-state index in [2.05, 4.69) is 10.3 Å². The van der Waals surface area contributed by atoms with Crippen LogP contribution in [-0.4, -0.2) is 47.2 Å². The van der Waals surface area contributed by atoms with Crippen LogP contribution in [0.3, 0.4) is 0 Å². The minimum absolute atomic E-state index is 0.236. The van der Waals surface area contributed by atoms with Crippen LogP contribution in [0.15, 0.2) is 18.3 Å². The van der Waals surface area contributed by atoms with Gasteiger partial charge in [-0.1, -0.05) is 0 Å². The van der Waals surface area contributed by atoms with Gasteiger partial charge < -0.3 is 14.8 Å². The van der Waals surface area contributed by atoms with Crippen LogP contribution in [0.25, 0.3) is 0 Å². The monoisotopic (exact) mass is 321 g/mol. The molecule has 1 N–H and O–H groups in total. The highest BCUT2D eigenvalue weighted by Crippen LogP contribution is 2.22. The van der Waals surface area contributed by atoms with E-state index in [0.29, 0.717) is 24.5 Å². The summed E-state index contributed by atoms with van der Waals surface area (Å²) >= 11 is 0. The van der Waals surface area contributed by atoms with E-state index in [1.165, 1.54) is 18.2 Å². The largest absolute Gasteiger partial charge is 0.481 e. The van der Waals surface area contributed by atoms with E-state index < -0.39 is 17.7 Å². The van der Waals surface area contributed by atoms with Crippen molar-refractivity contribution in [1.82, 2.24) is 9.88 Å². The number of hydrogen-bond donors (Lipinski definition) is 1. The average molecular weight is 321 g/mol. The van der Waals surface area contributed by atoms with Gasteiger partial charge in [-0.15, -0.1) is 0 Å².